The van der Waals surface area contributed by atoms with Crippen LogP contribution in [0.3, 0.4) is 0 Å². The van der Waals surface area contributed by atoms with Crippen molar-refractivity contribution in [3.63, 3.8) is 0 Å². The van der Waals surface area contributed by atoms with Crippen LogP contribution in [0.1, 0.15) is 16.7 Å². The van der Waals surface area contributed by atoms with Crippen LogP contribution in [-0.2, 0) is 9.59 Å². The van der Waals surface area contributed by atoms with E-state index in [0.29, 0.717) is 11.3 Å². The molecule has 6 nitrogen and oxygen atoms in total. The van der Waals surface area contributed by atoms with Crippen LogP contribution in [0.15, 0.2) is 47.6 Å². The molecule has 0 saturated carbocycles. The highest BCUT2D eigenvalue weighted by atomic mass is 16.3. The largest absolute Gasteiger partial charge is 0.507 e. The molecule has 2 aromatic rings. The number of nitrogens with zero attached hydrogens (tertiary/aromatic N) is 1. The molecule has 2 amide bonds. The predicted octanol–water partition coefficient (Wildman–Crippen LogP) is 2.10. The lowest BCUT2D eigenvalue weighted by molar-refractivity contribution is -0.136. The van der Waals surface area contributed by atoms with Crippen LogP contribution in [0, 0.1) is 13.8 Å². The van der Waals surface area contributed by atoms with Gasteiger partial charge in [0.15, 0.2) is 0 Å². The van der Waals surface area contributed by atoms with Crippen molar-refractivity contribution in [2.45, 2.75) is 13.8 Å². The Morgan fingerprint density at radius 2 is 1.65 bits per heavy atom. The van der Waals surface area contributed by atoms with E-state index in [-0.39, 0.29) is 5.75 Å². The van der Waals surface area contributed by atoms with E-state index in [1.165, 1.54) is 12.3 Å². The highest BCUT2D eigenvalue weighted by Gasteiger charge is 2.15. The number of para-hydroxylation sites is 2. The molecule has 0 aromatic heterocycles. The van der Waals surface area contributed by atoms with Crippen molar-refractivity contribution in [2.24, 2.45) is 5.10 Å². The molecule has 0 radical (unpaired) electrons. The molecule has 0 aliphatic rings. The van der Waals surface area contributed by atoms with Crippen molar-refractivity contribution in [3.05, 3.63) is 59.2 Å². The third-order valence-electron chi connectivity index (χ3n) is 3.23. The number of hydrogen-bond donors (Lipinski definition) is 3. The number of rotatable bonds is 3. The second-order valence-corrected chi connectivity index (χ2v) is 4.98. The first-order chi connectivity index (χ1) is 11.0. The summed E-state index contributed by atoms with van der Waals surface area (Å²) in [6, 6.07) is 12.1. The van der Waals surface area contributed by atoms with Gasteiger partial charge in [-0.15, -0.1) is 0 Å². The zero-order valence-electron chi connectivity index (χ0n) is 12.8. The molecule has 0 bridgehead atoms. The molecule has 0 aliphatic carbocycles. The number of amides is 2. The first-order valence-corrected chi connectivity index (χ1v) is 6.97. The maximum atomic E-state index is 11.9. The minimum absolute atomic E-state index is 0.0329. The van der Waals surface area contributed by atoms with Gasteiger partial charge >= 0.3 is 11.8 Å². The summed E-state index contributed by atoms with van der Waals surface area (Å²) in [5.41, 5.74) is 4.90. The summed E-state index contributed by atoms with van der Waals surface area (Å²) >= 11 is 0. The summed E-state index contributed by atoms with van der Waals surface area (Å²) in [4.78, 5) is 23.6. The molecule has 0 atom stereocenters. The van der Waals surface area contributed by atoms with Crippen molar-refractivity contribution < 1.29 is 14.7 Å². The highest BCUT2D eigenvalue weighted by molar-refractivity contribution is 6.39. The Morgan fingerprint density at radius 3 is 2.30 bits per heavy atom. The number of aryl methyl sites for hydroxylation is 2. The number of carbonyl (C=O) groups is 2. The van der Waals surface area contributed by atoms with E-state index in [0.717, 1.165) is 11.1 Å². The molecule has 0 fully saturated rings. The number of benzene rings is 2. The maximum absolute atomic E-state index is 11.9. The van der Waals surface area contributed by atoms with Crippen LogP contribution in [0.2, 0.25) is 0 Å². The number of carbonyl (C=O) groups excluding carboxylic acids is 2. The molecule has 0 heterocycles. The molecule has 23 heavy (non-hydrogen) atoms. The standard InChI is InChI=1S/C17H17N3O3/c1-11-6-5-7-12(2)15(11)19-16(22)17(23)20-18-10-13-8-3-4-9-14(13)21/h3-10,21H,1-2H3,(H,19,22)(H,20,23). The molecule has 2 rings (SSSR count). The van der Waals surface area contributed by atoms with E-state index < -0.39 is 11.8 Å². The lowest BCUT2D eigenvalue weighted by atomic mass is 10.1. The third kappa shape index (κ3) is 4.16. The minimum Gasteiger partial charge on any atom is -0.507 e. The lowest BCUT2D eigenvalue weighted by Crippen LogP contribution is -2.32. The number of nitrogens with one attached hydrogen (secondary N) is 2. The Morgan fingerprint density at radius 1 is 1.00 bits per heavy atom. The van der Waals surface area contributed by atoms with E-state index >= 15 is 0 Å². The van der Waals surface area contributed by atoms with Crippen LogP contribution in [-0.4, -0.2) is 23.1 Å². The molecule has 0 unspecified atom stereocenters. The van der Waals surface area contributed by atoms with E-state index in [1.807, 2.05) is 32.0 Å². The number of aromatic hydroxyl groups is 1. The van der Waals surface area contributed by atoms with Crippen molar-refractivity contribution >= 4 is 23.7 Å². The lowest BCUT2D eigenvalue weighted by Gasteiger charge is -2.10. The molecule has 0 spiro atoms. The van der Waals surface area contributed by atoms with Gasteiger partial charge < -0.3 is 10.4 Å². The van der Waals surface area contributed by atoms with Gasteiger partial charge in [0, 0.05) is 11.3 Å². The summed E-state index contributed by atoms with van der Waals surface area (Å²) in [7, 11) is 0. The van der Waals surface area contributed by atoms with E-state index in [2.05, 4.69) is 15.8 Å². The fourth-order valence-electron chi connectivity index (χ4n) is 1.99. The Labute approximate surface area is 133 Å². The average molecular weight is 311 g/mol. The molecule has 118 valence electrons. The topological polar surface area (TPSA) is 90.8 Å². The Balaban J connectivity index is 1.98. The Bertz CT molecular complexity index is 749. The van der Waals surface area contributed by atoms with Gasteiger partial charge in [-0.25, -0.2) is 5.43 Å². The fraction of sp³-hybridized carbons (Fsp3) is 0.118. The summed E-state index contributed by atoms with van der Waals surface area (Å²) in [6.07, 6.45) is 1.26. The summed E-state index contributed by atoms with van der Waals surface area (Å²) in [6.45, 7) is 3.69. The molecule has 0 aliphatic heterocycles. The maximum Gasteiger partial charge on any atom is 0.329 e. The number of hydrazone groups is 1. The molecule has 2 aromatic carbocycles. The molecular weight excluding hydrogens is 294 g/mol. The van der Waals surface area contributed by atoms with Crippen LogP contribution >= 0.6 is 0 Å². The normalized spacial score (nSPS) is 10.5. The van der Waals surface area contributed by atoms with Crippen molar-refractivity contribution in [1.82, 2.24) is 5.43 Å². The van der Waals surface area contributed by atoms with Gasteiger partial charge in [-0.2, -0.15) is 5.10 Å². The SMILES string of the molecule is Cc1cccc(C)c1NC(=O)C(=O)NN=Cc1ccccc1O. The average Bonchev–Trinajstić information content (AvgIpc) is 2.52. The Kier molecular flexibility index (Phi) is 5.09. The van der Waals surface area contributed by atoms with Crippen LogP contribution in [0.5, 0.6) is 5.75 Å². The second-order valence-electron chi connectivity index (χ2n) is 4.98. The van der Waals surface area contributed by atoms with Gasteiger partial charge in [0.05, 0.1) is 6.21 Å². The Hall–Kier alpha value is -3.15. The summed E-state index contributed by atoms with van der Waals surface area (Å²) in [5, 5.41) is 15.8. The number of phenols is 1. The van der Waals surface area contributed by atoms with E-state index in [1.54, 1.807) is 18.2 Å². The number of hydrogen-bond acceptors (Lipinski definition) is 4. The second kappa shape index (κ2) is 7.22. The summed E-state index contributed by atoms with van der Waals surface area (Å²) < 4.78 is 0. The minimum atomic E-state index is -0.890. The summed E-state index contributed by atoms with van der Waals surface area (Å²) in [5.74, 6) is -1.67. The van der Waals surface area contributed by atoms with Gasteiger partial charge in [0.25, 0.3) is 0 Å². The van der Waals surface area contributed by atoms with Crippen LogP contribution in [0.4, 0.5) is 5.69 Å². The van der Waals surface area contributed by atoms with E-state index in [9.17, 15) is 14.7 Å². The van der Waals surface area contributed by atoms with Gasteiger partial charge in [-0.1, -0.05) is 30.3 Å². The molecule has 0 saturated heterocycles. The highest BCUT2D eigenvalue weighted by Crippen LogP contribution is 2.19. The van der Waals surface area contributed by atoms with Crippen LogP contribution < -0.4 is 10.7 Å². The van der Waals surface area contributed by atoms with Gasteiger partial charge in [-0.05, 0) is 37.1 Å². The van der Waals surface area contributed by atoms with E-state index in [4.69, 9.17) is 0 Å². The smallest absolute Gasteiger partial charge is 0.329 e. The van der Waals surface area contributed by atoms with Gasteiger partial charge in [0.2, 0.25) is 0 Å². The monoisotopic (exact) mass is 311 g/mol. The first kappa shape index (κ1) is 16.2. The molecule has 3 N–H and O–H groups in total. The quantitative estimate of drug-likeness (QED) is 0.460. The third-order valence-corrected chi connectivity index (χ3v) is 3.23. The van der Waals surface area contributed by atoms with Crippen molar-refractivity contribution in [1.29, 1.82) is 0 Å². The van der Waals surface area contributed by atoms with Crippen LogP contribution in [0.25, 0.3) is 0 Å². The predicted molar refractivity (Wildman–Crippen MR) is 88.4 cm³/mol. The zero-order chi connectivity index (χ0) is 16.8. The molecular formula is C17H17N3O3. The first-order valence-electron chi connectivity index (χ1n) is 6.97. The van der Waals surface area contributed by atoms with Crippen molar-refractivity contribution in [3.8, 4) is 5.75 Å². The van der Waals surface area contributed by atoms with Gasteiger partial charge in [0.1, 0.15) is 5.75 Å². The fourth-order valence-corrected chi connectivity index (χ4v) is 1.99. The van der Waals surface area contributed by atoms with Gasteiger partial charge in [-0.3, -0.25) is 9.59 Å². The number of phenolic OH excluding ortho intramolecular Hbond substituents is 1. The molecule has 6 heteroatoms. The van der Waals surface area contributed by atoms with Crippen molar-refractivity contribution in [2.75, 3.05) is 5.32 Å². The number of anilines is 1. The zero-order valence-corrected chi connectivity index (χ0v) is 12.8.